The number of hydrogen-bond acceptors (Lipinski definition) is 3. The summed E-state index contributed by atoms with van der Waals surface area (Å²) in [5.41, 5.74) is 2.85. The number of nitrogens with one attached hydrogen (secondary N) is 2. The minimum Gasteiger partial charge on any atom is -0.465 e. The summed E-state index contributed by atoms with van der Waals surface area (Å²) in [6.07, 6.45) is 0.846. The van der Waals surface area contributed by atoms with Gasteiger partial charge in [-0.1, -0.05) is 56.0 Å². The van der Waals surface area contributed by atoms with Crippen molar-refractivity contribution in [1.82, 2.24) is 15.3 Å². The Hall–Kier alpha value is -1.69. The van der Waals surface area contributed by atoms with Crippen molar-refractivity contribution in [2.45, 2.75) is 44.3 Å². The summed E-state index contributed by atoms with van der Waals surface area (Å²) >= 11 is 5.80. The molecule has 176 valence electrons. The van der Waals surface area contributed by atoms with E-state index in [9.17, 15) is 9.90 Å². The number of carboxylic acid groups (broad SMARTS) is 1. The van der Waals surface area contributed by atoms with Crippen LogP contribution in [0.25, 0.3) is 0 Å². The lowest BCUT2D eigenvalue weighted by Crippen LogP contribution is -2.29. The highest BCUT2D eigenvalue weighted by atomic mass is 127. The number of aromatic amines is 1. The zero-order valence-electron chi connectivity index (χ0n) is 18.9. The third-order valence-corrected chi connectivity index (χ3v) is 9.23. The summed E-state index contributed by atoms with van der Waals surface area (Å²) < 4.78 is 8.41. The number of ether oxygens (including phenoxy) is 1. The fraction of sp³-hybridized carbons (Fsp3) is 0.333. The number of hydrogen-bond donors (Lipinski definition) is 3. The first-order valence-electron chi connectivity index (χ1n) is 10.8. The normalized spacial score (nSPS) is 13.5. The van der Waals surface area contributed by atoms with Gasteiger partial charge in [-0.2, -0.15) is 0 Å². The first kappa shape index (κ1) is 25.9. The van der Waals surface area contributed by atoms with E-state index in [-0.39, 0.29) is 6.10 Å². The van der Waals surface area contributed by atoms with Crippen LogP contribution in [-0.2, 0) is 11.2 Å². The molecule has 1 aromatic heterocycles. The van der Waals surface area contributed by atoms with E-state index in [1.807, 2.05) is 48.5 Å². The number of imidazole rings is 1. The first-order valence-corrected chi connectivity index (χ1v) is 16.3. The SMILES string of the molecule is C[Si](C)(C)CCOC(c1ccccc1)c1cnc([C@H](Cc2ccc(I)c(Br)c2)NC(=O)O)[nH]1. The van der Waals surface area contributed by atoms with Crippen molar-refractivity contribution in [3.8, 4) is 0 Å². The maximum Gasteiger partial charge on any atom is 0.405 e. The fourth-order valence-corrected chi connectivity index (χ4v) is 4.90. The molecule has 6 nitrogen and oxygen atoms in total. The van der Waals surface area contributed by atoms with Crippen molar-refractivity contribution in [3.63, 3.8) is 0 Å². The predicted molar refractivity (Wildman–Crippen MR) is 145 cm³/mol. The highest BCUT2D eigenvalue weighted by molar-refractivity contribution is 14.1. The summed E-state index contributed by atoms with van der Waals surface area (Å²) in [7, 11) is -1.24. The van der Waals surface area contributed by atoms with Gasteiger partial charge in [-0.3, -0.25) is 0 Å². The van der Waals surface area contributed by atoms with E-state index >= 15 is 0 Å². The van der Waals surface area contributed by atoms with E-state index in [0.29, 0.717) is 18.9 Å². The molecular weight excluding hydrogens is 613 g/mol. The van der Waals surface area contributed by atoms with E-state index in [1.165, 1.54) is 0 Å². The number of halogens is 2. The zero-order valence-corrected chi connectivity index (χ0v) is 23.7. The minimum atomic E-state index is -1.24. The van der Waals surface area contributed by atoms with Crippen LogP contribution < -0.4 is 5.32 Å². The summed E-state index contributed by atoms with van der Waals surface area (Å²) in [4.78, 5) is 19.4. The molecule has 1 heterocycles. The Kier molecular flexibility index (Phi) is 9.14. The molecule has 9 heteroatoms. The second-order valence-corrected chi connectivity index (χ2v) is 16.8. The smallest absolute Gasteiger partial charge is 0.405 e. The highest BCUT2D eigenvalue weighted by Gasteiger charge is 2.23. The Morgan fingerprint density at radius 3 is 2.61 bits per heavy atom. The number of amides is 1. The van der Waals surface area contributed by atoms with Gasteiger partial charge in [-0.05, 0) is 67.8 Å². The number of rotatable bonds is 10. The predicted octanol–water partition coefficient (Wildman–Crippen LogP) is 6.77. The first-order chi connectivity index (χ1) is 15.6. The van der Waals surface area contributed by atoms with Gasteiger partial charge in [-0.25, -0.2) is 9.78 Å². The quantitative estimate of drug-likeness (QED) is 0.168. The summed E-state index contributed by atoms with van der Waals surface area (Å²) in [5, 5.41) is 12.0. The summed E-state index contributed by atoms with van der Waals surface area (Å²) in [6, 6.07) is 16.6. The Morgan fingerprint density at radius 1 is 1.24 bits per heavy atom. The Balaban J connectivity index is 1.86. The zero-order chi connectivity index (χ0) is 24.0. The van der Waals surface area contributed by atoms with E-state index in [2.05, 4.69) is 73.4 Å². The molecule has 1 amide bonds. The van der Waals surface area contributed by atoms with E-state index in [4.69, 9.17) is 4.74 Å². The average Bonchev–Trinajstić information content (AvgIpc) is 3.23. The lowest BCUT2D eigenvalue weighted by Gasteiger charge is -2.21. The maximum atomic E-state index is 11.5. The van der Waals surface area contributed by atoms with Crippen LogP contribution in [0.5, 0.6) is 0 Å². The number of nitrogens with zero attached hydrogens (tertiary/aromatic N) is 1. The van der Waals surface area contributed by atoms with Crippen LogP contribution in [-0.4, -0.2) is 35.8 Å². The van der Waals surface area contributed by atoms with E-state index in [1.54, 1.807) is 6.20 Å². The third-order valence-electron chi connectivity index (χ3n) is 5.19. The van der Waals surface area contributed by atoms with Gasteiger partial charge in [-0.15, -0.1) is 0 Å². The van der Waals surface area contributed by atoms with Gasteiger partial charge in [0.2, 0.25) is 0 Å². The van der Waals surface area contributed by atoms with Gasteiger partial charge >= 0.3 is 6.09 Å². The van der Waals surface area contributed by atoms with Crippen LogP contribution >= 0.6 is 38.5 Å². The van der Waals surface area contributed by atoms with Crippen molar-refractivity contribution in [1.29, 1.82) is 0 Å². The largest absolute Gasteiger partial charge is 0.465 e. The number of benzene rings is 2. The topological polar surface area (TPSA) is 87.2 Å². The summed E-state index contributed by atoms with van der Waals surface area (Å²) in [6.45, 7) is 7.64. The van der Waals surface area contributed by atoms with E-state index in [0.717, 1.165) is 30.9 Å². The molecule has 0 radical (unpaired) electrons. The van der Waals surface area contributed by atoms with Crippen LogP contribution in [0.15, 0.2) is 59.2 Å². The second-order valence-electron chi connectivity index (χ2n) is 9.15. The monoisotopic (exact) mass is 641 g/mol. The van der Waals surface area contributed by atoms with Gasteiger partial charge < -0.3 is 20.1 Å². The Bertz CT molecular complexity index is 1070. The summed E-state index contributed by atoms with van der Waals surface area (Å²) in [5.74, 6) is 0.566. The lowest BCUT2D eigenvalue weighted by atomic mass is 10.1. The molecule has 0 aliphatic heterocycles. The van der Waals surface area contributed by atoms with Crippen LogP contribution in [0.2, 0.25) is 25.7 Å². The fourth-order valence-electron chi connectivity index (χ4n) is 3.41. The van der Waals surface area contributed by atoms with Gasteiger partial charge in [0.05, 0.1) is 17.9 Å². The molecule has 0 aliphatic rings. The van der Waals surface area contributed by atoms with Crippen molar-refractivity contribution >= 4 is 52.7 Å². The van der Waals surface area contributed by atoms with Crippen LogP contribution in [0.4, 0.5) is 4.79 Å². The molecule has 3 N–H and O–H groups in total. The average molecular weight is 642 g/mol. The van der Waals surface area contributed by atoms with E-state index < -0.39 is 20.2 Å². The standard InChI is InChI=1S/C24H29BrIN3O3Si/c1-33(2,3)12-11-32-22(17-7-5-4-6-8-17)21-15-27-23(28-21)20(29-24(30)31)14-16-9-10-19(26)18(25)13-16/h4-10,13,15,20,22,29H,11-12,14H2,1-3H3,(H,27,28)(H,30,31)/t20-,22?/m0/s1. The molecule has 0 saturated carbocycles. The van der Waals surface area contributed by atoms with Gasteiger partial charge in [0.1, 0.15) is 11.9 Å². The van der Waals surface area contributed by atoms with Gasteiger partial charge in [0, 0.05) is 29.1 Å². The Labute approximate surface area is 217 Å². The third kappa shape index (κ3) is 7.94. The lowest BCUT2D eigenvalue weighted by molar-refractivity contribution is 0.0879. The molecule has 2 aromatic carbocycles. The van der Waals surface area contributed by atoms with Crippen molar-refractivity contribution < 1.29 is 14.6 Å². The van der Waals surface area contributed by atoms with Crippen LogP contribution in [0.1, 0.15) is 34.8 Å². The van der Waals surface area contributed by atoms with Crippen LogP contribution in [0.3, 0.4) is 0 Å². The minimum absolute atomic E-state index is 0.290. The second kappa shape index (κ2) is 11.6. The number of H-pyrrole nitrogens is 1. The molecule has 2 atom stereocenters. The molecule has 3 rings (SSSR count). The van der Waals surface area contributed by atoms with Gasteiger partial charge in [0.25, 0.3) is 0 Å². The van der Waals surface area contributed by atoms with Crippen molar-refractivity contribution in [2.24, 2.45) is 0 Å². The van der Waals surface area contributed by atoms with Crippen molar-refractivity contribution in [3.05, 3.63) is 85.4 Å². The molecule has 0 saturated heterocycles. The van der Waals surface area contributed by atoms with Crippen LogP contribution in [0, 0.1) is 3.57 Å². The molecule has 0 spiro atoms. The number of carbonyl (C=O) groups is 1. The molecule has 3 aromatic rings. The highest BCUT2D eigenvalue weighted by Crippen LogP contribution is 2.28. The maximum absolute atomic E-state index is 11.5. The van der Waals surface area contributed by atoms with Crippen molar-refractivity contribution in [2.75, 3.05) is 6.61 Å². The number of aromatic nitrogens is 2. The van der Waals surface area contributed by atoms with Gasteiger partial charge in [0.15, 0.2) is 0 Å². The molecule has 1 unspecified atom stereocenters. The molecular formula is C24H29BrIN3O3Si. The molecule has 0 aliphatic carbocycles. The molecule has 0 bridgehead atoms. The molecule has 33 heavy (non-hydrogen) atoms. The Morgan fingerprint density at radius 2 is 1.97 bits per heavy atom. The molecule has 0 fully saturated rings.